The molecular formula is C13H15FN4O. The van der Waals surface area contributed by atoms with Gasteiger partial charge in [0.05, 0.1) is 7.11 Å². The number of methoxy groups -OCH3 is 1. The van der Waals surface area contributed by atoms with E-state index in [2.05, 4.69) is 15.3 Å². The Hall–Kier alpha value is -2.37. The second-order valence-corrected chi connectivity index (χ2v) is 3.89. The third kappa shape index (κ3) is 2.73. The van der Waals surface area contributed by atoms with Gasteiger partial charge in [0.15, 0.2) is 11.6 Å². The van der Waals surface area contributed by atoms with Crippen LogP contribution in [-0.4, -0.2) is 31.2 Å². The molecule has 0 aliphatic heterocycles. The number of hydrogen-bond acceptors (Lipinski definition) is 5. The molecule has 0 aliphatic carbocycles. The number of ether oxygens (including phenoxy) is 1. The number of anilines is 3. The van der Waals surface area contributed by atoms with Crippen molar-refractivity contribution in [2.45, 2.75) is 0 Å². The topological polar surface area (TPSA) is 50.3 Å². The molecule has 1 N–H and O–H groups in total. The average molecular weight is 262 g/mol. The van der Waals surface area contributed by atoms with Gasteiger partial charge in [-0.3, -0.25) is 0 Å². The summed E-state index contributed by atoms with van der Waals surface area (Å²) in [4.78, 5) is 9.96. The fraction of sp³-hybridized carbons (Fsp3) is 0.231. The zero-order valence-electron chi connectivity index (χ0n) is 11.0. The van der Waals surface area contributed by atoms with Gasteiger partial charge < -0.3 is 15.0 Å². The van der Waals surface area contributed by atoms with Crippen molar-refractivity contribution < 1.29 is 9.13 Å². The minimum absolute atomic E-state index is 0.218. The van der Waals surface area contributed by atoms with Crippen molar-refractivity contribution >= 4 is 17.3 Å². The van der Waals surface area contributed by atoms with Crippen molar-refractivity contribution in [1.29, 1.82) is 0 Å². The highest BCUT2D eigenvalue weighted by atomic mass is 19.1. The molecule has 1 heterocycles. The summed E-state index contributed by atoms with van der Waals surface area (Å²) in [6.07, 6.45) is 1.46. The smallest absolute Gasteiger partial charge is 0.167 e. The highest BCUT2D eigenvalue weighted by Crippen LogP contribution is 2.27. The van der Waals surface area contributed by atoms with Gasteiger partial charge in [-0.1, -0.05) is 0 Å². The van der Waals surface area contributed by atoms with Gasteiger partial charge in [-0.2, -0.15) is 0 Å². The van der Waals surface area contributed by atoms with Crippen LogP contribution >= 0.6 is 0 Å². The number of nitrogens with zero attached hydrogens (tertiary/aromatic N) is 3. The van der Waals surface area contributed by atoms with E-state index < -0.39 is 5.82 Å². The van der Waals surface area contributed by atoms with Gasteiger partial charge in [-0.15, -0.1) is 0 Å². The fourth-order valence-electron chi connectivity index (χ4n) is 1.66. The number of rotatable bonds is 4. The molecule has 0 aliphatic rings. The molecule has 0 saturated carbocycles. The highest BCUT2D eigenvalue weighted by molar-refractivity contribution is 5.62. The molecule has 1 aromatic heterocycles. The lowest BCUT2D eigenvalue weighted by atomic mass is 10.2. The molecule has 0 unspecified atom stereocenters. The quantitative estimate of drug-likeness (QED) is 0.917. The van der Waals surface area contributed by atoms with Crippen molar-refractivity contribution in [2.75, 3.05) is 31.4 Å². The van der Waals surface area contributed by atoms with Crippen molar-refractivity contribution in [3.05, 3.63) is 36.4 Å². The summed E-state index contributed by atoms with van der Waals surface area (Å²) in [6, 6.07) is 6.53. The third-order valence-electron chi connectivity index (χ3n) is 2.78. The molecule has 0 saturated heterocycles. The summed E-state index contributed by atoms with van der Waals surface area (Å²) < 4.78 is 18.6. The standard InChI is InChI=1S/C13H15FN4O/c1-15-12-7-13(17-8-16-12)18(2)9-4-5-11(19-3)10(14)6-9/h4-8H,1-3H3,(H,15,16,17). The Morgan fingerprint density at radius 3 is 2.68 bits per heavy atom. The lowest BCUT2D eigenvalue weighted by Gasteiger charge is -2.19. The van der Waals surface area contributed by atoms with E-state index in [1.807, 2.05) is 7.05 Å². The number of halogens is 1. The molecule has 0 fully saturated rings. The first kappa shape index (κ1) is 13.1. The molecule has 0 radical (unpaired) electrons. The molecule has 5 nitrogen and oxygen atoms in total. The lowest BCUT2D eigenvalue weighted by Crippen LogP contribution is -2.12. The van der Waals surface area contributed by atoms with Gasteiger partial charge in [0.25, 0.3) is 0 Å². The van der Waals surface area contributed by atoms with Crippen LogP contribution in [0, 0.1) is 5.82 Å². The molecule has 0 atom stereocenters. The van der Waals surface area contributed by atoms with Crippen LogP contribution in [0.4, 0.5) is 21.7 Å². The molecule has 6 heteroatoms. The van der Waals surface area contributed by atoms with Crippen molar-refractivity contribution in [3.8, 4) is 5.75 Å². The summed E-state index contributed by atoms with van der Waals surface area (Å²) in [5.41, 5.74) is 0.680. The summed E-state index contributed by atoms with van der Waals surface area (Å²) >= 11 is 0. The van der Waals surface area contributed by atoms with Crippen LogP contribution in [0.25, 0.3) is 0 Å². The van der Waals surface area contributed by atoms with E-state index in [9.17, 15) is 4.39 Å². The molecule has 2 rings (SSSR count). The number of hydrogen-bond donors (Lipinski definition) is 1. The zero-order valence-corrected chi connectivity index (χ0v) is 11.0. The van der Waals surface area contributed by atoms with E-state index in [0.29, 0.717) is 17.3 Å². The van der Waals surface area contributed by atoms with Gasteiger partial charge in [0.1, 0.15) is 18.0 Å². The minimum Gasteiger partial charge on any atom is -0.494 e. The van der Waals surface area contributed by atoms with Gasteiger partial charge in [0.2, 0.25) is 0 Å². The summed E-state index contributed by atoms with van der Waals surface area (Å²) in [5.74, 6) is 1.18. The molecular weight excluding hydrogens is 247 g/mol. The highest BCUT2D eigenvalue weighted by Gasteiger charge is 2.10. The SMILES string of the molecule is CNc1cc(N(C)c2ccc(OC)c(F)c2)ncn1. The Balaban J connectivity index is 2.32. The van der Waals surface area contributed by atoms with Crippen molar-refractivity contribution in [3.63, 3.8) is 0 Å². The van der Waals surface area contributed by atoms with Gasteiger partial charge in [-0.25, -0.2) is 14.4 Å². The Bertz CT molecular complexity index is 576. The Morgan fingerprint density at radius 2 is 2.05 bits per heavy atom. The first-order valence-corrected chi connectivity index (χ1v) is 5.72. The molecule has 0 spiro atoms. The molecule has 2 aromatic rings. The Labute approximate surface area is 111 Å². The van der Waals surface area contributed by atoms with E-state index in [1.165, 1.54) is 19.5 Å². The van der Waals surface area contributed by atoms with E-state index in [4.69, 9.17) is 4.74 Å². The van der Waals surface area contributed by atoms with Gasteiger partial charge >= 0.3 is 0 Å². The average Bonchev–Trinajstić information content (AvgIpc) is 2.46. The largest absolute Gasteiger partial charge is 0.494 e. The summed E-state index contributed by atoms with van der Waals surface area (Å²) in [6.45, 7) is 0. The van der Waals surface area contributed by atoms with Crippen LogP contribution in [0.3, 0.4) is 0 Å². The summed E-state index contributed by atoms with van der Waals surface area (Å²) in [5, 5.41) is 2.93. The van der Waals surface area contributed by atoms with E-state index in [-0.39, 0.29) is 5.75 Å². The second kappa shape index (κ2) is 5.51. The van der Waals surface area contributed by atoms with E-state index in [0.717, 1.165) is 0 Å². The van der Waals surface area contributed by atoms with Crippen molar-refractivity contribution in [2.24, 2.45) is 0 Å². The maximum absolute atomic E-state index is 13.7. The normalized spacial score (nSPS) is 10.1. The van der Waals surface area contributed by atoms with Crippen LogP contribution in [0.1, 0.15) is 0 Å². The number of aromatic nitrogens is 2. The monoisotopic (exact) mass is 262 g/mol. The predicted octanol–water partition coefficient (Wildman–Crippen LogP) is 2.43. The number of benzene rings is 1. The first-order valence-electron chi connectivity index (χ1n) is 5.72. The van der Waals surface area contributed by atoms with Gasteiger partial charge in [-0.05, 0) is 12.1 Å². The lowest BCUT2D eigenvalue weighted by molar-refractivity contribution is 0.386. The van der Waals surface area contributed by atoms with Crippen LogP contribution in [0.2, 0.25) is 0 Å². The zero-order chi connectivity index (χ0) is 13.8. The Morgan fingerprint density at radius 1 is 1.26 bits per heavy atom. The van der Waals surface area contributed by atoms with Crippen LogP contribution in [0.5, 0.6) is 5.75 Å². The van der Waals surface area contributed by atoms with Crippen LogP contribution in [-0.2, 0) is 0 Å². The second-order valence-electron chi connectivity index (χ2n) is 3.89. The molecule has 100 valence electrons. The molecule has 1 aromatic carbocycles. The maximum Gasteiger partial charge on any atom is 0.167 e. The maximum atomic E-state index is 13.7. The van der Waals surface area contributed by atoms with E-state index >= 15 is 0 Å². The van der Waals surface area contributed by atoms with Crippen molar-refractivity contribution in [1.82, 2.24) is 9.97 Å². The molecule has 19 heavy (non-hydrogen) atoms. The van der Waals surface area contributed by atoms with Crippen LogP contribution < -0.4 is 15.0 Å². The third-order valence-corrected chi connectivity index (χ3v) is 2.78. The van der Waals surface area contributed by atoms with Gasteiger partial charge in [0, 0.05) is 31.9 Å². The first-order chi connectivity index (χ1) is 9.15. The Kier molecular flexibility index (Phi) is 3.79. The fourth-order valence-corrected chi connectivity index (χ4v) is 1.66. The number of nitrogens with one attached hydrogen (secondary N) is 1. The minimum atomic E-state index is -0.408. The molecule has 0 amide bonds. The predicted molar refractivity (Wildman–Crippen MR) is 72.6 cm³/mol. The summed E-state index contributed by atoms with van der Waals surface area (Å²) in [7, 11) is 5.02. The molecule has 0 bridgehead atoms. The van der Waals surface area contributed by atoms with E-state index in [1.54, 1.807) is 30.1 Å². The van der Waals surface area contributed by atoms with Crippen LogP contribution in [0.15, 0.2) is 30.6 Å².